The van der Waals surface area contributed by atoms with Gasteiger partial charge in [0.1, 0.15) is 0 Å². The first-order valence-electron chi connectivity index (χ1n) is 6.53. The summed E-state index contributed by atoms with van der Waals surface area (Å²) in [5, 5.41) is 1.39. The summed E-state index contributed by atoms with van der Waals surface area (Å²) in [5.41, 5.74) is 0. The van der Waals surface area contributed by atoms with E-state index in [1.807, 2.05) is 0 Å². The number of allylic oxidation sites excluding steroid dienone is 2. The molecule has 0 saturated heterocycles. The lowest BCUT2D eigenvalue weighted by Crippen LogP contribution is -2.45. The zero-order chi connectivity index (χ0) is 12.1. The van der Waals surface area contributed by atoms with Gasteiger partial charge in [0, 0.05) is 6.61 Å². The molecule has 2 heteroatoms. The van der Waals surface area contributed by atoms with Crippen molar-refractivity contribution in [1.82, 2.24) is 0 Å². The first-order valence-corrected chi connectivity index (χ1v) is 9.44. The Labute approximate surface area is 106 Å². The van der Waals surface area contributed by atoms with E-state index in [0.717, 1.165) is 12.5 Å². The summed E-state index contributed by atoms with van der Waals surface area (Å²) >= 11 is 0. The molecule has 1 aromatic rings. The molecule has 0 amide bonds. The van der Waals surface area contributed by atoms with Gasteiger partial charge in [-0.2, -0.15) is 0 Å². The second-order valence-corrected chi connectivity index (χ2v) is 9.22. The molecule has 1 atom stereocenters. The van der Waals surface area contributed by atoms with Crippen molar-refractivity contribution >= 4 is 13.5 Å². The molecule has 0 radical (unpaired) electrons. The highest BCUT2D eigenvalue weighted by molar-refractivity contribution is 6.84. The van der Waals surface area contributed by atoms with Crippen LogP contribution in [0.5, 0.6) is 0 Å². The second-order valence-electron chi connectivity index (χ2n) is 5.34. The largest absolute Gasteiger partial charge is 0.413 e. The third-order valence-corrected chi connectivity index (χ3v) is 6.14. The molecule has 17 heavy (non-hydrogen) atoms. The van der Waals surface area contributed by atoms with Crippen LogP contribution in [0.15, 0.2) is 42.5 Å². The van der Waals surface area contributed by atoms with Gasteiger partial charge in [0.2, 0.25) is 8.32 Å². The highest BCUT2D eigenvalue weighted by Gasteiger charge is 2.26. The van der Waals surface area contributed by atoms with Gasteiger partial charge >= 0.3 is 0 Å². The molecule has 0 fully saturated rings. The molecule has 0 heterocycles. The summed E-state index contributed by atoms with van der Waals surface area (Å²) in [6.07, 6.45) is 8.29. The van der Waals surface area contributed by atoms with Crippen LogP contribution in [0.2, 0.25) is 13.1 Å². The predicted octanol–water partition coefficient (Wildman–Crippen LogP) is 3.47. The van der Waals surface area contributed by atoms with E-state index in [2.05, 4.69) is 55.6 Å². The van der Waals surface area contributed by atoms with Crippen molar-refractivity contribution in [3.8, 4) is 0 Å². The predicted molar refractivity (Wildman–Crippen MR) is 76.0 cm³/mol. The minimum Gasteiger partial charge on any atom is -0.413 e. The van der Waals surface area contributed by atoms with Gasteiger partial charge in [-0.15, -0.1) is 0 Å². The van der Waals surface area contributed by atoms with Crippen LogP contribution in [0.4, 0.5) is 0 Å². The van der Waals surface area contributed by atoms with Crippen LogP contribution in [0, 0.1) is 5.92 Å². The fourth-order valence-electron chi connectivity index (χ4n) is 2.26. The number of hydrogen-bond donors (Lipinski definition) is 0. The van der Waals surface area contributed by atoms with Crippen LogP contribution in [0.3, 0.4) is 0 Å². The van der Waals surface area contributed by atoms with Crippen molar-refractivity contribution in [3.05, 3.63) is 42.5 Å². The van der Waals surface area contributed by atoms with Crippen molar-refractivity contribution in [3.63, 3.8) is 0 Å². The quantitative estimate of drug-likeness (QED) is 0.584. The Morgan fingerprint density at radius 2 is 1.94 bits per heavy atom. The zero-order valence-electron chi connectivity index (χ0n) is 10.9. The smallest absolute Gasteiger partial charge is 0.218 e. The summed E-state index contributed by atoms with van der Waals surface area (Å²) in [4.78, 5) is 0. The monoisotopic (exact) mass is 246 g/mol. The van der Waals surface area contributed by atoms with E-state index in [1.165, 1.54) is 24.4 Å². The summed E-state index contributed by atoms with van der Waals surface area (Å²) in [6, 6.07) is 10.7. The van der Waals surface area contributed by atoms with Gasteiger partial charge in [0.15, 0.2) is 0 Å². The molecule has 1 aromatic carbocycles. The first-order chi connectivity index (χ1) is 8.18. The maximum absolute atomic E-state index is 6.26. The molecule has 0 aromatic heterocycles. The molecule has 0 spiro atoms. The van der Waals surface area contributed by atoms with E-state index >= 15 is 0 Å². The maximum atomic E-state index is 6.26. The number of hydrogen-bond acceptors (Lipinski definition) is 1. The molecule has 1 unspecified atom stereocenters. The Balaban J connectivity index is 1.91. The summed E-state index contributed by atoms with van der Waals surface area (Å²) in [5.74, 6) is 0.732. The third kappa shape index (κ3) is 3.55. The molecule has 0 saturated carbocycles. The third-order valence-electron chi connectivity index (χ3n) is 3.53. The lowest BCUT2D eigenvalue weighted by atomic mass is 9.96. The summed E-state index contributed by atoms with van der Waals surface area (Å²) in [6.45, 7) is 5.51. The summed E-state index contributed by atoms with van der Waals surface area (Å²) in [7, 11) is -1.69. The molecule has 0 aliphatic heterocycles. The molecule has 1 aliphatic carbocycles. The van der Waals surface area contributed by atoms with Crippen LogP contribution in [0.25, 0.3) is 0 Å². The highest BCUT2D eigenvalue weighted by atomic mass is 28.4. The second kappa shape index (κ2) is 5.65. The lowest BCUT2D eigenvalue weighted by Gasteiger charge is -2.27. The van der Waals surface area contributed by atoms with E-state index in [1.54, 1.807) is 0 Å². The van der Waals surface area contributed by atoms with Gasteiger partial charge in [-0.1, -0.05) is 42.5 Å². The average Bonchev–Trinajstić information content (AvgIpc) is 2.39. The summed E-state index contributed by atoms with van der Waals surface area (Å²) < 4.78 is 6.26. The molecular formula is C15H22OSi. The normalized spacial score (nSPS) is 20.5. The van der Waals surface area contributed by atoms with Crippen molar-refractivity contribution in [2.45, 2.75) is 32.4 Å². The fourth-order valence-corrected chi connectivity index (χ4v) is 4.07. The first kappa shape index (κ1) is 12.6. The molecule has 2 rings (SSSR count). The van der Waals surface area contributed by atoms with E-state index < -0.39 is 8.32 Å². The minimum atomic E-state index is -1.69. The van der Waals surface area contributed by atoms with E-state index in [0.29, 0.717) is 0 Å². The maximum Gasteiger partial charge on any atom is 0.218 e. The van der Waals surface area contributed by atoms with Crippen LogP contribution >= 0.6 is 0 Å². The van der Waals surface area contributed by atoms with Gasteiger partial charge in [-0.05, 0) is 43.5 Å². The van der Waals surface area contributed by atoms with Gasteiger partial charge < -0.3 is 4.43 Å². The van der Waals surface area contributed by atoms with Gasteiger partial charge in [-0.3, -0.25) is 0 Å². The van der Waals surface area contributed by atoms with Crippen LogP contribution in [-0.2, 0) is 4.43 Å². The SMILES string of the molecule is C[Si](C)(OCC1CC=CCC1)c1ccccc1. The van der Waals surface area contributed by atoms with E-state index in [-0.39, 0.29) is 0 Å². The van der Waals surface area contributed by atoms with Crippen LogP contribution < -0.4 is 5.19 Å². The van der Waals surface area contributed by atoms with Crippen molar-refractivity contribution < 1.29 is 4.43 Å². The minimum absolute atomic E-state index is 0.732. The van der Waals surface area contributed by atoms with Crippen molar-refractivity contribution in [1.29, 1.82) is 0 Å². The Bertz CT molecular complexity index is 370. The molecule has 1 aliphatic rings. The Morgan fingerprint density at radius 1 is 1.18 bits per heavy atom. The molecule has 1 nitrogen and oxygen atoms in total. The van der Waals surface area contributed by atoms with Gasteiger partial charge in [0.25, 0.3) is 0 Å². The van der Waals surface area contributed by atoms with E-state index in [9.17, 15) is 0 Å². The molecule has 92 valence electrons. The number of benzene rings is 1. The van der Waals surface area contributed by atoms with Crippen LogP contribution in [-0.4, -0.2) is 14.9 Å². The lowest BCUT2D eigenvalue weighted by molar-refractivity contribution is 0.235. The zero-order valence-corrected chi connectivity index (χ0v) is 11.9. The van der Waals surface area contributed by atoms with Gasteiger partial charge in [0.05, 0.1) is 0 Å². The van der Waals surface area contributed by atoms with Crippen molar-refractivity contribution in [2.24, 2.45) is 5.92 Å². The Kier molecular flexibility index (Phi) is 4.19. The topological polar surface area (TPSA) is 9.23 Å². The van der Waals surface area contributed by atoms with Gasteiger partial charge in [-0.25, -0.2) is 0 Å². The molecule has 0 bridgehead atoms. The average molecular weight is 246 g/mol. The molecular weight excluding hydrogens is 224 g/mol. The van der Waals surface area contributed by atoms with E-state index in [4.69, 9.17) is 4.43 Å². The number of rotatable bonds is 4. The standard InChI is InChI=1S/C15H22OSi/c1-17(2,15-11-7-4-8-12-15)16-13-14-9-5-3-6-10-14/h3-5,7-8,11-12,14H,6,9-10,13H2,1-2H3. The van der Waals surface area contributed by atoms with Crippen LogP contribution in [0.1, 0.15) is 19.3 Å². The van der Waals surface area contributed by atoms with Crippen molar-refractivity contribution in [2.75, 3.05) is 6.61 Å². The highest BCUT2D eigenvalue weighted by Crippen LogP contribution is 2.20. The molecule has 0 N–H and O–H groups in total. The fraction of sp³-hybridized carbons (Fsp3) is 0.467. The Hall–Kier alpha value is -0.863. The Morgan fingerprint density at radius 3 is 2.59 bits per heavy atom.